The minimum absolute atomic E-state index is 0.170. The van der Waals surface area contributed by atoms with Crippen molar-refractivity contribution in [2.75, 3.05) is 22.2 Å². The maximum Gasteiger partial charge on any atom is 0.573 e. The molecule has 2 aromatic rings. The number of carbonyl (C=O) groups excluding carboxylic acids is 1. The highest BCUT2D eigenvalue weighted by molar-refractivity contribution is 6.41. The zero-order chi connectivity index (χ0) is 31.0. The normalized spacial score (nSPS) is 21.0. The molecule has 0 bridgehead atoms. The summed E-state index contributed by atoms with van der Waals surface area (Å²) in [5.74, 6) is -2.41. The molecule has 1 amide bonds. The van der Waals surface area contributed by atoms with E-state index in [0.29, 0.717) is 18.4 Å². The van der Waals surface area contributed by atoms with Gasteiger partial charge in [-0.15, -0.1) is 26.3 Å². The Morgan fingerprint density at radius 2 is 1.67 bits per heavy atom. The van der Waals surface area contributed by atoms with E-state index < -0.39 is 46.3 Å². The van der Waals surface area contributed by atoms with Gasteiger partial charge in [0.05, 0.1) is 12.2 Å². The fraction of sp³-hybridized carbons (Fsp3) is 0.458. The number of benzene rings is 1. The minimum Gasteiger partial charge on any atom is -0.404 e. The Balaban J connectivity index is 1.67. The van der Waals surface area contributed by atoms with Crippen molar-refractivity contribution in [3.8, 4) is 11.5 Å². The average Bonchev–Trinajstić information content (AvgIpc) is 2.89. The van der Waals surface area contributed by atoms with E-state index >= 15 is 0 Å². The molecule has 3 atom stereocenters. The summed E-state index contributed by atoms with van der Waals surface area (Å²) >= 11 is 12.3. The van der Waals surface area contributed by atoms with E-state index in [0.717, 1.165) is 17.7 Å². The van der Waals surface area contributed by atoms with E-state index in [1.54, 1.807) is 0 Å². The third kappa shape index (κ3) is 7.15. The van der Waals surface area contributed by atoms with Crippen molar-refractivity contribution in [2.24, 2.45) is 0 Å². The molecule has 1 aliphatic carbocycles. The Bertz CT molecular complexity index is 1310. The third-order valence-electron chi connectivity index (χ3n) is 6.58. The maximum atomic E-state index is 13.0. The van der Waals surface area contributed by atoms with E-state index in [1.807, 2.05) is 0 Å². The monoisotopic (exact) mass is 644 g/mol. The maximum absolute atomic E-state index is 13.0. The Morgan fingerprint density at radius 3 is 2.21 bits per heavy atom. The highest BCUT2D eigenvalue weighted by Crippen LogP contribution is 2.50. The number of fused-ring (bicyclic) bond motifs is 1. The molecule has 4 rings (SSSR count). The molecule has 1 aromatic heterocycles. The van der Waals surface area contributed by atoms with Crippen molar-refractivity contribution >= 4 is 46.6 Å². The molecular weight excluding hydrogens is 621 g/mol. The summed E-state index contributed by atoms with van der Waals surface area (Å²) in [5.41, 5.74) is -0.296. The molecule has 1 aliphatic heterocycles. The van der Waals surface area contributed by atoms with Gasteiger partial charge in [-0.2, -0.15) is 4.98 Å². The molecule has 1 fully saturated rings. The van der Waals surface area contributed by atoms with Crippen LogP contribution in [0, 0.1) is 0 Å². The predicted molar refractivity (Wildman–Crippen MR) is 140 cm³/mol. The Kier molecular flexibility index (Phi) is 9.08. The summed E-state index contributed by atoms with van der Waals surface area (Å²) in [6.07, 6.45) is -6.59. The van der Waals surface area contributed by atoms with Crippen molar-refractivity contribution < 1.29 is 45.7 Å². The van der Waals surface area contributed by atoms with Crippen LogP contribution in [-0.4, -0.2) is 59.2 Å². The highest BCUT2D eigenvalue weighted by Gasteiger charge is 2.40. The zero-order valence-corrected chi connectivity index (χ0v) is 23.2. The van der Waals surface area contributed by atoms with Gasteiger partial charge in [0.2, 0.25) is 18.2 Å². The topological polar surface area (TPSA) is 112 Å². The molecule has 42 heavy (non-hydrogen) atoms. The van der Waals surface area contributed by atoms with Gasteiger partial charge in [0.1, 0.15) is 15.9 Å². The van der Waals surface area contributed by atoms with Crippen LogP contribution >= 0.6 is 23.2 Å². The second-order valence-corrected chi connectivity index (χ2v) is 10.2. The quantitative estimate of drug-likeness (QED) is 0.272. The first-order valence-corrected chi connectivity index (χ1v) is 13.1. The number of aliphatic hydroxyl groups excluding tert-OH is 1. The lowest BCUT2D eigenvalue weighted by atomic mass is 9.90. The first-order chi connectivity index (χ1) is 19.6. The number of aromatic nitrogens is 2. The third-order valence-corrected chi connectivity index (χ3v) is 7.31. The lowest BCUT2D eigenvalue weighted by Crippen LogP contribution is -2.51. The van der Waals surface area contributed by atoms with Crippen LogP contribution < -0.4 is 29.9 Å². The van der Waals surface area contributed by atoms with Gasteiger partial charge in [0.25, 0.3) is 0 Å². The number of hydrogen-bond donors (Lipinski definition) is 3. The second-order valence-electron chi connectivity index (χ2n) is 9.43. The molecular formula is C24H24Cl2F6N6O4. The van der Waals surface area contributed by atoms with Gasteiger partial charge < -0.3 is 35.0 Å². The van der Waals surface area contributed by atoms with E-state index in [9.17, 15) is 36.2 Å². The van der Waals surface area contributed by atoms with Crippen LogP contribution in [0.1, 0.15) is 31.2 Å². The predicted octanol–water partition coefficient (Wildman–Crippen LogP) is 5.34. The number of carbonyl (C=O) groups is 1. The van der Waals surface area contributed by atoms with Crippen molar-refractivity contribution in [2.45, 2.75) is 63.4 Å². The second kappa shape index (κ2) is 12.1. The van der Waals surface area contributed by atoms with Crippen molar-refractivity contribution in [3.05, 3.63) is 40.5 Å². The van der Waals surface area contributed by atoms with E-state index in [-0.39, 0.29) is 42.4 Å². The molecule has 2 heterocycles. The molecule has 1 saturated carbocycles. The molecule has 0 saturated heterocycles. The van der Waals surface area contributed by atoms with Gasteiger partial charge in [-0.3, -0.25) is 4.79 Å². The summed E-state index contributed by atoms with van der Waals surface area (Å²) in [6, 6.07) is -0.177. The summed E-state index contributed by atoms with van der Waals surface area (Å²) in [5, 5.41) is 15.5. The lowest BCUT2D eigenvalue weighted by molar-refractivity contribution is -0.276. The Labute approximate surface area is 245 Å². The molecule has 1 aromatic carbocycles. The van der Waals surface area contributed by atoms with Gasteiger partial charge in [-0.1, -0.05) is 42.6 Å². The summed E-state index contributed by atoms with van der Waals surface area (Å²) in [7, 11) is 1.38. The van der Waals surface area contributed by atoms with E-state index in [2.05, 4.69) is 36.7 Å². The van der Waals surface area contributed by atoms with Crippen molar-refractivity contribution in [1.29, 1.82) is 0 Å². The fourth-order valence-corrected chi connectivity index (χ4v) is 5.41. The molecule has 3 N–H and O–H groups in total. The first kappa shape index (κ1) is 31.6. The van der Waals surface area contributed by atoms with Crippen LogP contribution in [0.2, 0.25) is 10.0 Å². The number of alkyl halides is 6. The molecule has 0 spiro atoms. The number of anilines is 3. The Morgan fingerprint density at radius 1 is 1.10 bits per heavy atom. The smallest absolute Gasteiger partial charge is 0.404 e. The molecule has 18 heteroatoms. The van der Waals surface area contributed by atoms with Gasteiger partial charge in [0, 0.05) is 37.0 Å². The molecule has 230 valence electrons. The van der Waals surface area contributed by atoms with Crippen LogP contribution in [0.5, 0.6) is 11.5 Å². The van der Waals surface area contributed by atoms with Crippen LogP contribution in [0.4, 0.5) is 43.8 Å². The van der Waals surface area contributed by atoms with Crippen molar-refractivity contribution in [3.63, 3.8) is 0 Å². The number of amides is 1. The molecule has 0 radical (unpaired) electrons. The summed E-state index contributed by atoms with van der Waals surface area (Å²) < 4.78 is 85.7. The standard InChI is InChI=1S/C24H24Cl2F6N6O4/c1-3-16(39)34-12-6-4-5-7-13(12)35-21-33-9-11-10-38(22(40)37(2)20(11)36-21)19-17(25)14(41-23(27,28)29)8-15(18(19)26)42-24(30,31)32/h3,8-9,12-13,22,40H,1,4-7,10H2,2H3,(H,34,39)(H,33,35,36)/t12-,13+,22?/m0/s1. The van der Waals surface area contributed by atoms with Crippen LogP contribution in [-0.2, 0) is 11.3 Å². The van der Waals surface area contributed by atoms with Crippen LogP contribution in [0.25, 0.3) is 0 Å². The van der Waals surface area contributed by atoms with Gasteiger partial charge in [0.15, 0.2) is 11.5 Å². The van der Waals surface area contributed by atoms with Crippen LogP contribution in [0.3, 0.4) is 0 Å². The summed E-state index contributed by atoms with van der Waals surface area (Å²) in [6.45, 7) is 3.13. The minimum atomic E-state index is -5.32. The Hall–Kier alpha value is -3.37. The fourth-order valence-electron chi connectivity index (χ4n) is 4.77. The molecule has 1 unspecified atom stereocenters. The van der Waals surface area contributed by atoms with Crippen molar-refractivity contribution in [1.82, 2.24) is 15.3 Å². The van der Waals surface area contributed by atoms with E-state index in [4.69, 9.17) is 23.2 Å². The van der Waals surface area contributed by atoms with Gasteiger partial charge in [-0.05, 0) is 18.9 Å². The molecule has 10 nitrogen and oxygen atoms in total. The number of rotatable bonds is 7. The number of aliphatic hydroxyl groups is 1. The zero-order valence-electron chi connectivity index (χ0n) is 21.7. The SMILES string of the molecule is C=CC(=O)N[C@H]1CCCC[C@H]1Nc1ncc2c(n1)N(C)C(O)N(c1c(Cl)c(OC(F)(F)F)cc(OC(F)(F)F)c1Cl)C2. The molecule has 2 aliphatic rings. The lowest BCUT2D eigenvalue weighted by Gasteiger charge is -2.42. The number of nitrogens with one attached hydrogen (secondary N) is 2. The highest BCUT2D eigenvalue weighted by atomic mass is 35.5. The summed E-state index contributed by atoms with van der Waals surface area (Å²) in [4.78, 5) is 22.7. The number of ether oxygens (including phenoxy) is 2. The van der Waals surface area contributed by atoms with Gasteiger partial charge in [-0.25, -0.2) is 4.98 Å². The van der Waals surface area contributed by atoms with E-state index in [1.165, 1.54) is 24.2 Å². The number of nitrogens with zero attached hydrogens (tertiary/aromatic N) is 4. The first-order valence-electron chi connectivity index (χ1n) is 12.3. The average molecular weight is 645 g/mol. The van der Waals surface area contributed by atoms with Gasteiger partial charge >= 0.3 is 12.7 Å². The largest absolute Gasteiger partial charge is 0.573 e. The number of hydrogen-bond acceptors (Lipinski definition) is 9. The number of halogens is 8. The van der Waals surface area contributed by atoms with Crippen LogP contribution in [0.15, 0.2) is 24.9 Å².